The van der Waals surface area contributed by atoms with Crippen LogP contribution in [0.1, 0.15) is 29.0 Å². The fourth-order valence-electron chi connectivity index (χ4n) is 3.73. The van der Waals surface area contributed by atoms with Crippen molar-refractivity contribution in [3.63, 3.8) is 0 Å². The van der Waals surface area contributed by atoms with E-state index in [2.05, 4.69) is 97.2 Å². The van der Waals surface area contributed by atoms with E-state index in [1.54, 1.807) is 0 Å². The Labute approximate surface area is 137 Å². The lowest BCUT2D eigenvalue weighted by molar-refractivity contribution is 0.466. The van der Waals surface area contributed by atoms with Gasteiger partial charge in [0.25, 0.3) is 0 Å². The van der Waals surface area contributed by atoms with Gasteiger partial charge in [-0.15, -0.1) is 0 Å². The van der Waals surface area contributed by atoms with Gasteiger partial charge in [-0.2, -0.15) is 0 Å². The molecule has 3 aromatic carbocycles. The average Bonchev–Trinajstić information content (AvgIpc) is 3.10. The minimum absolute atomic E-state index is 0.327. The lowest BCUT2D eigenvalue weighted by atomic mass is 9.71. The third-order valence-corrected chi connectivity index (χ3v) is 4.77. The van der Waals surface area contributed by atoms with Crippen LogP contribution in [0.4, 0.5) is 0 Å². The molecule has 23 heavy (non-hydrogen) atoms. The first-order valence-electron chi connectivity index (χ1n) is 8.11. The van der Waals surface area contributed by atoms with E-state index in [-0.39, 0.29) is 5.54 Å². The van der Waals surface area contributed by atoms with Crippen molar-refractivity contribution in [3.8, 4) is 0 Å². The summed E-state index contributed by atoms with van der Waals surface area (Å²) in [6.07, 6.45) is 3.06. The zero-order chi connectivity index (χ0) is 15.5. The minimum atomic E-state index is -0.329. The zero-order valence-corrected chi connectivity index (χ0v) is 13.0. The fraction of sp³-hybridized carbons (Fsp3) is 0.136. The Kier molecular flexibility index (Phi) is 3.55. The third-order valence-electron chi connectivity index (χ3n) is 4.77. The summed E-state index contributed by atoms with van der Waals surface area (Å²) in [6, 6.07) is 32.1. The third kappa shape index (κ3) is 2.29. The van der Waals surface area contributed by atoms with Crippen molar-refractivity contribution in [1.29, 1.82) is 0 Å². The smallest absolute Gasteiger partial charge is 0.117 e. The molecule has 0 saturated heterocycles. The van der Waals surface area contributed by atoms with Crippen LogP contribution < -0.4 is 0 Å². The van der Waals surface area contributed by atoms with Crippen LogP contribution in [0.5, 0.6) is 0 Å². The molecule has 1 heterocycles. The van der Waals surface area contributed by atoms with Crippen LogP contribution in [0, 0.1) is 0 Å². The number of benzene rings is 3. The van der Waals surface area contributed by atoms with Crippen LogP contribution in [0.2, 0.25) is 0 Å². The van der Waals surface area contributed by atoms with Gasteiger partial charge in [-0.25, -0.2) is 0 Å². The highest BCUT2D eigenvalue weighted by molar-refractivity contribution is 5.68. The number of rotatable bonds is 3. The van der Waals surface area contributed by atoms with Gasteiger partial charge >= 0.3 is 0 Å². The summed E-state index contributed by atoms with van der Waals surface area (Å²) in [5.41, 5.74) is 3.53. The van der Waals surface area contributed by atoms with E-state index in [9.17, 15) is 0 Å². The van der Waals surface area contributed by atoms with Gasteiger partial charge in [-0.3, -0.25) is 4.99 Å². The summed E-state index contributed by atoms with van der Waals surface area (Å²) in [7, 11) is 0. The highest BCUT2D eigenvalue weighted by Crippen LogP contribution is 2.50. The predicted octanol–water partition coefficient (Wildman–Crippen LogP) is 5.19. The molecule has 1 nitrogen and oxygen atoms in total. The number of nitrogens with zero attached hydrogens (tertiary/aromatic N) is 1. The second-order valence-corrected chi connectivity index (χ2v) is 6.01. The number of hydrogen-bond acceptors (Lipinski definition) is 1. The lowest BCUT2D eigenvalue weighted by Crippen LogP contribution is -2.30. The molecule has 112 valence electrons. The molecule has 0 aromatic heterocycles. The summed E-state index contributed by atoms with van der Waals surface area (Å²) in [5, 5.41) is 0. The van der Waals surface area contributed by atoms with Crippen LogP contribution in [0.25, 0.3) is 0 Å². The van der Waals surface area contributed by atoms with E-state index < -0.39 is 0 Å². The Balaban J connectivity index is 1.94. The molecule has 1 unspecified atom stereocenters. The Morgan fingerprint density at radius 1 is 0.652 bits per heavy atom. The average molecular weight is 297 g/mol. The monoisotopic (exact) mass is 297 g/mol. The summed E-state index contributed by atoms with van der Waals surface area (Å²) in [4.78, 5) is 5.04. The summed E-state index contributed by atoms with van der Waals surface area (Å²) >= 11 is 0. The van der Waals surface area contributed by atoms with Gasteiger partial charge in [0.1, 0.15) is 5.54 Å². The predicted molar refractivity (Wildman–Crippen MR) is 96.0 cm³/mol. The van der Waals surface area contributed by atoms with Gasteiger partial charge in [0.15, 0.2) is 0 Å². The Bertz CT molecular complexity index is 752. The van der Waals surface area contributed by atoms with Crippen LogP contribution in [-0.2, 0) is 5.54 Å². The van der Waals surface area contributed by atoms with E-state index in [4.69, 9.17) is 4.99 Å². The molecule has 0 N–H and O–H groups in total. The molecule has 0 fully saturated rings. The normalized spacial score (nSPS) is 18.9. The number of aliphatic imine (C=N–C) groups is 1. The molecular weight excluding hydrogens is 278 g/mol. The standard InChI is InChI=1S/C22H19N/c1-4-10-18(11-5-1)21-16-17-23-22(21,19-12-6-2-7-13-19)20-14-8-3-9-15-20/h1-15,17,21H,16H2. The van der Waals surface area contributed by atoms with Gasteiger partial charge < -0.3 is 0 Å². The quantitative estimate of drug-likeness (QED) is 0.631. The second-order valence-electron chi connectivity index (χ2n) is 6.01. The molecule has 4 rings (SSSR count). The Hall–Kier alpha value is -2.67. The zero-order valence-electron chi connectivity index (χ0n) is 13.0. The molecule has 0 amide bonds. The van der Waals surface area contributed by atoms with Crippen molar-refractivity contribution in [2.45, 2.75) is 17.9 Å². The van der Waals surface area contributed by atoms with Gasteiger partial charge in [-0.05, 0) is 23.1 Å². The molecule has 0 saturated carbocycles. The maximum Gasteiger partial charge on any atom is 0.117 e. The highest BCUT2D eigenvalue weighted by atomic mass is 14.9. The molecule has 0 spiro atoms. The van der Waals surface area contributed by atoms with Crippen molar-refractivity contribution in [2.24, 2.45) is 4.99 Å². The Morgan fingerprint density at radius 3 is 1.65 bits per heavy atom. The molecule has 0 aliphatic carbocycles. The van der Waals surface area contributed by atoms with Crippen LogP contribution in [0.3, 0.4) is 0 Å². The second kappa shape index (κ2) is 5.85. The van der Waals surface area contributed by atoms with E-state index >= 15 is 0 Å². The van der Waals surface area contributed by atoms with E-state index in [1.165, 1.54) is 16.7 Å². The fourth-order valence-corrected chi connectivity index (χ4v) is 3.73. The largest absolute Gasteiger partial charge is 0.281 e. The SMILES string of the molecule is C1=NC(c2ccccc2)(c2ccccc2)C(c2ccccc2)C1. The van der Waals surface area contributed by atoms with Crippen molar-refractivity contribution >= 4 is 6.21 Å². The summed E-state index contributed by atoms with van der Waals surface area (Å²) < 4.78 is 0. The van der Waals surface area contributed by atoms with E-state index in [0.29, 0.717) is 5.92 Å². The maximum absolute atomic E-state index is 5.04. The van der Waals surface area contributed by atoms with Gasteiger partial charge in [-0.1, -0.05) is 91.0 Å². The first kappa shape index (κ1) is 14.0. The minimum Gasteiger partial charge on any atom is -0.281 e. The first-order chi connectivity index (χ1) is 11.4. The summed E-state index contributed by atoms with van der Waals surface area (Å²) in [6.45, 7) is 0. The van der Waals surface area contributed by atoms with Crippen molar-refractivity contribution in [3.05, 3.63) is 108 Å². The molecule has 1 heteroatoms. The molecule has 3 aromatic rings. The maximum atomic E-state index is 5.04. The number of hydrogen-bond donors (Lipinski definition) is 0. The molecule has 1 aliphatic heterocycles. The van der Waals surface area contributed by atoms with Gasteiger partial charge in [0.05, 0.1) is 0 Å². The topological polar surface area (TPSA) is 12.4 Å². The Morgan fingerprint density at radius 2 is 1.13 bits per heavy atom. The van der Waals surface area contributed by atoms with E-state index in [1.807, 2.05) is 0 Å². The van der Waals surface area contributed by atoms with Crippen LogP contribution in [-0.4, -0.2) is 6.21 Å². The van der Waals surface area contributed by atoms with Crippen LogP contribution >= 0.6 is 0 Å². The highest BCUT2D eigenvalue weighted by Gasteiger charge is 2.44. The van der Waals surface area contributed by atoms with Crippen molar-refractivity contribution < 1.29 is 0 Å². The summed E-state index contributed by atoms with van der Waals surface area (Å²) in [5.74, 6) is 0.327. The van der Waals surface area contributed by atoms with Crippen LogP contribution in [0.15, 0.2) is 96.0 Å². The molecular formula is C22H19N. The van der Waals surface area contributed by atoms with Crippen molar-refractivity contribution in [1.82, 2.24) is 0 Å². The van der Waals surface area contributed by atoms with Crippen molar-refractivity contribution in [2.75, 3.05) is 0 Å². The van der Waals surface area contributed by atoms with Gasteiger partial charge in [0, 0.05) is 12.1 Å². The molecule has 1 atom stereocenters. The first-order valence-corrected chi connectivity index (χ1v) is 8.11. The van der Waals surface area contributed by atoms with E-state index in [0.717, 1.165) is 6.42 Å². The van der Waals surface area contributed by atoms with Gasteiger partial charge in [0.2, 0.25) is 0 Å². The molecule has 0 radical (unpaired) electrons. The molecule has 0 bridgehead atoms. The molecule has 1 aliphatic rings. The lowest BCUT2D eigenvalue weighted by Gasteiger charge is -2.35.